The van der Waals surface area contributed by atoms with Crippen LogP contribution in [-0.4, -0.2) is 17.4 Å². The fourth-order valence-corrected chi connectivity index (χ4v) is 1.72. The van der Waals surface area contributed by atoms with E-state index in [1.165, 1.54) is 0 Å². The van der Waals surface area contributed by atoms with Crippen LogP contribution < -0.4 is 15.6 Å². The maximum atomic E-state index is 13.3. The molecule has 27 heavy (non-hydrogen) atoms. The number of halogens is 8. The highest BCUT2D eigenvalue weighted by Gasteiger charge is 2.32. The van der Waals surface area contributed by atoms with Gasteiger partial charge in [0, 0.05) is 11.9 Å². The van der Waals surface area contributed by atoms with E-state index in [9.17, 15) is 39.9 Å². The van der Waals surface area contributed by atoms with Gasteiger partial charge in [0.2, 0.25) is 40.7 Å². The third-order valence-corrected chi connectivity index (χ3v) is 2.91. The lowest BCUT2D eigenvalue weighted by Gasteiger charge is -2.11. The Kier molecular flexibility index (Phi) is 5.83. The van der Waals surface area contributed by atoms with Gasteiger partial charge >= 0.3 is 6.18 Å². The molecular weight excluding hydrogens is 394 g/mol. The summed E-state index contributed by atoms with van der Waals surface area (Å²) in [5.41, 5.74) is 0.0450. The highest BCUT2D eigenvalue weighted by atomic mass is 19.4. The van der Waals surface area contributed by atoms with Gasteiger partial charge in [0.1, 0.15) is 12.2 Å². The van der Waals surface area contributed by atoms with E-state index in [1.54, 1.807) is 5.48 Å². The Morgan fingerprint density at radius 3 is 2.11 bits per heavy atom. The lowest BCUT2D eigenvalue weighted by atomic mass is 10.3. The number of pyridine rings is 1. The van der Waals surface area contributed by atoms with Crippen LogP contribution in [-0.2, 0) is 11.0 Å². The number of alkyl halides is 3. The van der Waals surface area contributed by atoms with E-state index in [1.807, 2.05) is 5.32 Å². The van der Waals surface area contributed by atoms with E-state index in [0.717, 1.165) is 12.3 Å². The SMILES string of the molecule is O=C(CNOc1c(F)c(F)c(F)c(F)c1F)Nc1ccnc(C(F)(F)F)c1. The van der Waals surface area contributed by atoms with Crippen LogP contribution >= 0.6 is 0 Å². The van der Waals surface area contributed by atoms with Crippen molar-refractivity contribution in [3.8, 4) is 5.75 Å². The summed E-state index contributed by atoms with van der Waals surface area (Å²) in [4.78, 5) is 18.8. The average molecular weight is 401 g/mol. The van der Waals surface area contributed by atoms with Crippen LogP contribution in [0.25, 0.3) is 0 Å². The molecule has 2 aromatic rings. The largest absolute Gasteiger partial charge is 0.433 e. The van der Waals surface area contributed by atoms with Crippen LogP contribution in [0.2, 0.25) is 0 Å². The second kappa shape index (κ2) is 7.73. The summed E-state index contributed by atoms with van der Waals surface area (Å²) in [6.07, 6.45) is -3.98. The summed E-state index contributed by atoms with van der Waals surface area (Å²) in [6.45, 7) is -0.900. The van der Waals surface area contributed by atoms with Crippen LogP contribution in [0.4, 0.5) is 40.8 Å². The number of carbonyl (C=O) groups excluding carboxylic acids is 1. The van der Waals surface area contributed by atoms with Crippen molar-refractivity contribution in [1.29, 1.82) is 0 Å². The summed E-state index contributed by atoms with van der Waals surface area (Å²) < 4.78 is 103. The van der Waals surface area contributed by atoms with E-state index in [0.29, 0.717) is 6.07 Å². The number of hydrogen-bond acceptors (Lipinski definition) is 4. The first kappa shape index (κ1) is 20.4. The summed E-state index contributed by atoms with van der Waals surface area (Å²) in [6, 6.07) is 1.54. The smallest absolute Gasteiger partial charge is 0.402 e. The highest BCUT2D eigenvalue weighted by Crippen LogP contribution is 2.29. The molecule has 1 aromatic carbocycles. The molecule has 0 radical (unpaired) electrons. The van der Waals surface area contributed by atoms with Gasteiger partial charge < -0.3 is 10.2 Å². The maximum Gasteiger partial charge on any atom is 0.433 e. The molecule has 2 N–H and O–H groups in total. The van der Waals surface area contributed by atoms with Gasteiger partial charge in [-0.1, -0.05) is 0 Å². The Morgan fingerprint density at radius 2 is 1.56 bits per heavy atom. The number of anilines is 1. The Morgan fingerprint density at radius 1 is 1.00 bits per heavy atom. The van der Waals surface area contributed by atoms with Gasteiger partial charge in [-0.25, -0.2) is 13.2 Å². The Hall–Kier alpha value is -2.96. The van der Waals surface area contributed by atoms with Crippen molar-refractivity contribution in [2.45, 2.75) is 6.18 Å². The molecule has 2 rings (SSSR count). The molecule has 13 heteroatoms. The summed E-state index contributed by atoms with van der Waals surface area (Å²) in [5.74, 6) is -14.2. The Bertz CT molecular complexity index is 843. The first-order valence-corrected chi connectivity index (χ1v) is 6.76. The Balaban J connectivity index is 2.00. The lowest BCUT2D eigenvalue weighted by molar-refractivity contribution is -0.141. The minimum absolute atomic E-state index is 0.305. The molecule has 0 aliphatic carbocycles. The highest BCUT2D eigenvalue weighted by molar-refractivity contribution is 5.92. The molecule has 0 saturated heterocycles. The first-order chi connectivity index (χ1) is 12.5. The fraction of sp³-hybridized carbons (Fsp3) is 0.143. The number of aromatic nitrogens is 1. The van der Waals surface area contributed by atoms with Gasteiger partial charge in [0.15, 0.2) is 0 Å². The zero-order valence-electron chi connectivity index (χ0n) is 12.7. The number of hydroxylamine groups is 1. The van der Waals surface area contributed by atoms with E-state index in [2.05, 4.69) is 9.82 Å². The maximum absolute atomic E-state index is 13.3. The molecule has 146 valence electrons. The zero-order chi connectivity index (χ0) is 20.4. The predicted molar refractivity (Wildman–Crippen MR) is 72.7 cm³/mol. The Labute approximate surface area is 144 Å². The van der Waals surface area contributed by atoms with Gasteiger partial charge in [0.25, 0.3) is 0 Å². The topological polar surface area (TPSA) is 63.2 Å². The molecule has 0 unspecified atom stereocenters. The molecule has 0 atom stereocenters. The second-order valence-corrected chi connectivity index (χ2v) is 4.80. The fourth-order valence-electron chi connectivity index (χ4n) is 1.72. The van der Waals surface area contributed by atoms with Gasteiger partial charge in [-0.05, 0) is 12.1 Å². The van der Waals surface area contributed by atoms with Gasteiger partial charge in [-0.3, -0.25) is 9.78 Å². The van der Waals surface area contributed by atoms with E-state index in [-0.39, 0.29) is 5.69 Å². The molecular formula is C14H7F8N3O2. The van der Waals surface area contributed by atoms with Gasteiger partial charge in [-0.15, -0.1) is 5.48 Å². The van der Waals surface area contributed by atoms with E-state index < -0.39 is 59.2 Å². The van der Waals surface area contributed by atoms with Crippen LogP contribution in [0.15, 0.2) is 18.3 Å². The number of hydrogen-bond donors (Lipinski definition) is 2. The number of amides is 1. The number of benzene rings is 1. The number of carbonyl (C=O) groups is 1. The molecule has 1 aromatic heterocycles. The first-order valence-electron chi connectivity index (χ1n) is 6.76. The molecule has 0 aliphatic rings. The predicted octanol–water partition coefficient (Wildman–Crippen LogP) is 3.32. The van der Waals surface area contributed by atoms with Crippen LogP contribution in [0.3, 0.4) is 0 Å². The number of nitrogens with one attached hydrogen (secondary N) is 2. The van der Waals surface area contributed by atoms with Crippen LogP contribution in [0.1, 0.15) is 5.69 Å². The van der Waals surface area contributed by atoms with Crippen molar-refractivity contribution in [2.75, 3.05) is 11.9 Å². The third kappa shape index (κ3) is 4.61. The van der Waals surface area contributed by atoms with Crippen molar-refractivity contribution >= 4 is 11.6 Å². The van der Waals surface area contributed by atoms with Crippen LogP contribution in [0.5, 0.6) is 5.75 Å². The van der Waals surface area contributed by atoms with Crippen LogP contribution in [0, 0.1) is 29.1 Å². The number of nitrogens with zero attached hydrogens (tertiary/aromatic N) is 1. The standard InChI is InChI=1S/C14H7F8N3O2/c15-8-9(16)11(18)13(12(19)10(8)17)27-24-4-7(26)25-5-1-2-23-6(3-5)14(20,21)22/h1-3,24H,4H2,(H,23,25,26). The van der Waals surface area contributed by atoms with Gasteiger partial charge in [0.05, 0.1) is 0 Å². The van der Waals surface area contributed by atoms with Crippen molar-refractivity contribution < 1.29 is 44.8 Å². The van der Waals surface area contributed by atoms with E-state index in [4.69, 9.17) is 0 Å². The second-order valence-electron chi connectivity index (χ2n) is 4.80. The summed E-state index contributed by atoms with van der Waals surface area (Å²) in [5, 5.41) is 1.98. The van der Waals surface area contributed by atoms with Gasteiger partial charge in [-0.2, -0.15) is 22.0 Å². The molecule has 0 saturated carbocycles. The third-order valence-electron chi connectivity index (χ3n) is 2.91. The molecule has 0 aliphatic heterocycles. The van der Waals surface area contributed by atoms with Crippen molar-refractivity contribution in [1.82, 2.24) is 10.5 Å². The van der Waals surface area contributed by atoms with Crippen molar-refractivity contribution in [3.05, 3.63) is 53.1 Å². The molecule has 1 amide bonds. The van der Waals surface area contributed by atoms with Crippen molar-refractivity contribution in [3.63, 3.8) is 0 Å². The minimum Gasteiger partial charge on any atom is -0.402 e. The molecule has 0 fully saturated rings. The zero-order valence-corrected chi connectivity index (χ0v) is 12.7. The molecule has 5 nitrogen and oxygen atoms in total. The molecule has 1 heterocycles. The van der Waals surface area contributed by atoms with E-state index >= 15 is 0 Å². The summed E-state index contributed by atoms with van der Waals surface area (Å²) >= 11 is 0. The quantitative estimate of drug-likeness (QED) is 0.349. The summed E-state index contributed by atoms with van der Waals surface area (Å²) in [7, 11) is 0. The monoisotopic (exact) mass is 401 g/mol. The average Bonchev–Trinajstić information content (AvgIpc) is 2.60. The number of rotatable bonds is 5. The molecule has 0 bridgehead atoms. The van der Waals surface area contributed by atoms with Crippen molar-refractivity contribution in [2.24, 2.45) is 0 Å². The normalized spacial score (nSPS) is 11.4. The minimum atomic E-state index is -4.76. The molecule has 0 spiro atoms. The lowest BCUT2D eigenvalue weighted by Crippen LogP contribution is -2.31.